The summed E-state index contributed by atoms with van der Waals surface area (Å²) in [4.78, 5) is 25.8. The molecule has 1 amide bonds. The van der Waals surface area contributed by atoms with Crippen molar-refractivity contribution in [2.24, 2.45) is 5.92 Å². The topological polar surface area (TPSA) is 153 Å². The summed E-state index contributed by atoms with van der Waals surface area (Å²) < 4.78 is 75.7. The predicted octanol–water partition coefficient (Wildman–Crippen LogP) is 4.62. The van der Waals surface area contributed by atoms with Crippen LogP contribution in [0.15, 0.2) is 48.8 Å². The molecule has 1 aliphatic carbocycles. The normalized spacial score (nSPS) is 13.5. The number of alkyl halides is 2. The largest absolute Gasteiger partial charge is 0.619 e. The molecule has 0 aliphatic heterocycles. The molecule has 1 aliphatic rings. The predicted molar refractivity (Wildman–Crippen MR) is 160 cm³/mol. The Labute approximate surface area is 272 Å². The number of amides is 1. The van der Waals surface area contributed by atoms with E-state index in [1.54, 1.807) is 0 Å². The number of esters is 1. The molecule has 0 bridgehead atoms. The molecular weight excluding hydrogens is 677 g/mol. The van der Waals surface area contributed by atoms with Crippen molar-refractivity contribution in [1.29, 1.82) is 0 Å². The third-order valence-corrected chi connectivity index (χ3v) is 7.64. The number of nitrogens with one attached hydrogen (secondary N) is 1. The van der Waals surface area contributed by atoms with Crippen LogP contribution in [0, 0.1) is 11.1 Å². The van der Waals surface area contributed by atoms with Gasteiger partial charge in [0, 0.05) is 17.5 Å². The fourth-order valence-electron chi connectivity index (χ4n) is 4.16. The number of methoxy groups -OCH3 is 1. The second kappa shape index (κ2) is 15.0. The van der Waals surface area contributed by atoms with E-state index in [1.807, 2.05) is 0 Å². The van der Waals surface area contributed by atoms with Gasteiger partial charge in [0.05, 0.1) is 20.0 Å². The van der Waals surface area contributed by atoms with Gasteiger partial charge in [0.1, 0.15) is 22.7 Å². The highest BCUT2D eigenvalue weighted by Gasteiger charge is 2.27. The molecule has 1 aromatic heterocycles. The van der Waals surface area contributed by atoms with Crippen LogP contribution in [0.4, 0.5) is 8.78 Å². The third-order valence-electron chi connectivity index (χ3n) is 6.51. The average Bonchev–Trinajstić information content (AvgIpc) is 3.80. The molecule has 46 heavy (non-hydrogen) atoms. The van der Waals surface area contributed by atoms with Gasteiger partial charge in [-0.2, -0.15) is 21.9 Å². The second-order valence-electron chi connectivity index (χ2n) is 10.1. The number of carbonyl (C=O) groups is 2. The molecule has 12 nitrogen and oxygen atoms in total. The first-order valence-corrected chi connectivity index (χ1v) is 16.1. The molecule has 0 spiro atoms. The number of hydrogen-bond donors (Lipinski definition) is 1. The zero-order valence-electron chi connectivity index (χ0n) is 24.3. The number of aromatic nitrogens is 1. The molecule has 0 radical (unpaired) electrons. The number of pyridine rings is 1. The van der Waals surface area contributed by atoms with Gasteiger partial charge < -0.3 is 33.7 Å². The minimum absolute atomic E-state index is 0.00618. The van der Waals surface area contributed by atoms with E-state index in [0.29, 0.717) is 4.73 Å². The molecule has 2 aromatic carbocycles. The molecule has 1 saturated carbocycles. The number of carbonyl (C=O) groups excluding carboxylic acids is 2. The monoisotopic (exact) mass is 704 g/mol. The first kappa shape index (κ1) is 34.8. The van der Waals surface area contributed by atoms with Gasteiger partial charge in [-0.15, -0.1) is 0 Å². The summed E-state index contributed by atoms with van der Waals surface area (Å²) in [6.45, 7) is -3.49. The van der Waals surface area contributed by atoms with E-state index in [1.165, 1.54) is 37.4 Å². The van der Waals surface area contributed by atoms with Crippen LogP contribution in [0.1, 0.15) is 40.4 Å². The molecule has 1 atom stereocenters. The first-order chi connectivity index (χ1) is 21.7. The average molecular weight is 706 g/mol. The number of nitrogens with zero attached hydrogens (tertiary/aromatic N) is 1. The highest BCUT2D eigenvalue weighted by atomic mass is 35.5. The fourth-order valence-corrected chi connectivity index (χ4v) is 5.22. The van der Waals surface area contributed by atoms with Gasteiger partial charge in [-0.25, -0.2) is 0 Å². The van der Waals surface area contributed by atoms with Crippen molar-refractivity contribution in [2.75, 3.05) is 26.5 Å². The van der Waals surface area contributed by atoms with Crippen LogP contribution in [-0.2, 0) is 26.1 Å². The molecule has 1 N–H and O–H groups in total. The van der Waals surface area contributed by atoms with Crippen molar-refractivity contribution in [3.05, 3.63) is 80.7 Å². The van der Waals surface area contributed by atoms with Gasteiger partial charge in [-0.1, -0.05) is 29.3 Å². The van der Waals surface area contributed by atoms with Crippen LogP contribution < -0.4 is 28.4 Å². The summed E-state index contributed by atoms with van der Waals surface area (Å²) >= 11 is 12.5. The van der Waals surface area contributed by atoms with Crippen molar-refractivity contribution in [3.63, 3.8) is 0 Å². The SMILES string of the molecule is COc1ccc(C(=O)NCC(=O)OC(Cc2c(Cl)c[n+]([O-])cc2Cl)c2ccc(OC(F)F)c(OCC3CC3)c2)cc1OS(C)(=O)=O. The molecule has 0 saturated heterocycles. The van der Waals surface area contributed by atoms with Gasteiger partial charge in [0.2, 0.25) is 0 Å². The van der Waals surface area contributed by atoms with E-state index in [2.05, 4.69) is 10.1 Å². The Morgan fingerprint density at radius 1 is 1.04 bits per heavy atom. The van der Waals surface area contributed by atoms with E-state index in [9.17, 15) is 32.0 Å². The van der Waals surface area contributed by atoms with Crippen molar-refractivity contribution in [3.8, 4) is 23.0 Å². The second-order valence-corrected chi connectivity index (χ2v) is 12.5. The number of ether oxygens (including phenoxy) is 4. The highest BCUT2D eigenvalue weighted by molar-refractivity contribution is 7.86. The molecule has 1 heterocycles. The first-order valence-electron chi connectivity index (χ1n) is 13.6. The molecule has 1 fully saturated rings. The molecular formula is C29H28Cl2F2N2O10S. The van der Waals surface area contributed by atoms with Crippen LogP contribution in [0.3, 0.4) is 0 Å². The summed E-state index contributed by atoms with van der Waals surface area (Å²) in [5, 5.41) is 14.1. The molecule has 17 heteroatoms. The van der Waals surface area contributed by atoms with Crippen LogP contribution in [0.25, 0.3) is 0 Å². The van der Waals surface area contributed by atoms with Gasteiger partial charge in [-0.05, 0) is 54.7 Å². The summed E-state index contributed by atoms with van der Waals surface area (Å²) in [7, 11) is -2.66. The van der Waals surface area contributed by atoms with E-state index in [4.69, 9.17) is 41.6 Å². The van der Waals surface area contributed by atoms with Gasteiger partial charge in [0.15, 0.2) is 35.4 Å². The van der Waals surface area contributed by atoms with E-state index < -0.39 is 41.3 Å². The third kappa shape index (κ3) is 9.96. The standard InChI is InChI=1S/C29H28Cl2F2N2O10S/c1-41-22-7-6-18(10-26(22)45-46(2,39)40)28(37)34-12-27(36)43-24(11-19-20(30)13-35(38)14-21(19)31)17-5-8-23(44-29(32)33)25(9-17)42-15-16-3-4-16/h5-10,13-14,16,24,29H,3-4,11-12,15H2,1-2H3,(H,34,37). The summed E-state index contributed by atoms with van der Waals surface area (Å²) in [5.41, 5.74) is 0.489. The van der Waals surface area contributed by atoms with Crippen molar-refractivity contribution in [2.45, 2.75) is 32.0 Å². The fraction of sp³-hybridized carbons (Fsp3) is 0.345. The lowest BCUT2D eigenvalue weighted by molar-refractivity contribution is -0.605. The summed E-state index contributed by atoms with van der Waals surface area (Å²) in [6, 6.07) is 7.77. The Kier molecular flexibility index (Phi) is 11.3. The maximum absolute atomic E-state index is 13.1. The van der Waals surface area contributed by atoms with E-state index >= 15 is 0 Å². The molecule has 1 unspecified atom stereocenters. The lowest BCUT2D eigenvalue weighted by Gasteiger charge is -2.21. The van der Waals surface area contributed by atoms with Crippen LogP contribution in [0.2, 0.25) is 10.0 Å². The number of rotatable bonds is 15. The lowest BCUT2D eigenvalue weighted by Crippen LogP contribution is -2.31. The zero-order chi connectivity index (χ0) is 33.6. The highest BCUT2D eigenvalue weighted by Crippen LogP contribution is 2.38. The van der Waals surface area contributed by atoms with Crippen LogP contribution in [-0.4, -0.2) is 53.4 Å². The van der Waals surface area contributed by atoms with Gasteiger partial charge in [0.25, 0.3) is 5.91 Å². The van der Waals surface area contributed by atoms with Crippen molar-refractivity contribution in [1.82, 2.24) is 5.32 Å². The summed E-state index contributed by atoms with van der Waals surface area (Å²) in [5.74, 6) is -1.83. The van der Waals surface area contributed by atoms with Gasteiger partial charge in [-0.3, -0.25) is 9.59 Å². The quantitative estimate of drug-likeness (QED) is 0.103. The van der Waals surface area contributed by atoms with Crippen molar-refractivity contribution < 1.29 is 54.6 Å². The maximum Gasteiger partial charge on any atom is 0.387 e. The molecule has 3 aromatic rings. The van der Waals surface area contributed by atoms with Gasteiger partial charge >= 0.3 is 22.7 Å². The number of benzene rings is 2. The number of halogens is 4. The maximum atomic E-state index is 13.1. The Bertz CT molecular complexity index is 1680. The van der Waals surface area contributed by atoms with Crippen LogP contribution in [0.5, 0.6) is 23.0 Å². The number of hydrogen-bond acceptors (Lipinski definition) is 10. The van der Waals surface area contributed by atoms with Crippen molar-refractivity contribution >= 4 is 45.2 Å². The summed E-state index contributed by atoms with van der Waals surface area (Å²) in [6.07, 6.45) is 3.50. The minimum atomic E-state index is -3.95. The smallest absolute Gasteiger partial charge is 0.387 e. The Morgan fingerprint density at radius 3 is 2.33 bits per heavy atom. The van der Waals surface area contributed by atoms with E-state index in [-0.39, 0.29) is 68.7 Å². The zero-order valence-corrected chi connectivity index (χ0v) is 26.7. The lowest BCUT2D eigenvalue weighted by atomic mass is 10.0. The minimum Gasteiger partial charge on any atom is -0.619 e. The van der Waals surface area contributed by atoms with E-state index in [0.717, 1.165) is 37.6 Å². The molecule has 4 rings (SSSR count). The Balaban J connectivity index is 1.56. The Hall–Kier alpha value is -4.08. The van der Waals surface area contributed by atoms with Crippen LogP contribution >= 0.6 is 23.2 Å². The Morgan fingerprint density at radius 2 is 1.72 bits per heavy atom. The molecule has 248 valence electrons.